The molecule has 4 nitrogen and oxygen atoms in total. The van der Waals surface area contributed by atoms with Gasteiger partial charge >= 0.3 is 0 Å². The maximum Gasteiger partial charge on any atom is 0.223 e. The summed E-state index contributed by atoms with van der Waals surface area (Å²) in [6.07, 6.45) is 2.60. The van der Waals surface area contributed by atoms with Gasteiger partial charge in [0.1, 0.15) is 5.52 Å². The Morgan fingerprint density at radius 3 is 2.80 bits per heavy atom. The van der Waals surface area contributed by atoms with Crippen LogP contribution in [0.2, 0.25) is 0 Å². The van der Waals surface area contributed by atoms with Gasteiger partial charge in [0.15, 0.2) is 11.5 Å². The lowest BCUT2D eigenvalue weighted by Gasteiger charge is -2.12. The third-order valence-corrected chi connectivity index (χ3v) is 3.63. The van der Waals surface area contributed by atoms with E-state index in [-0.39, 0.29) is 11.8 Å². The van der Waals surface area contributed by atoms with Crippen LogP contribution in [-0.4, -0.2) is 17.4 Å². The summed E-state index contributed by atoms with van der Waals surface area (Å²) in [5, 5.41) is 3.00. The fraction of sp³-hybridized carbons (Fsp3) is 0.500. The molecule has 0 atom stereocenters. The topological polar surface area (TPSA) is 55.1 Å². The molecule has 0 fully saturated rings. The van der Waals surface area contributed by atoms with Gasteiger partial charge in [-0.1, -0.05) is 19.9 Å². The smallest absolute Gasteiger partial charge is 0.223 e. The third-order valence-electron chi connectivity index (χ3n) is 3.63. The highest BCUT2D eigenvalue weighted by Crippen LogP contribution is 2.17. The predicted octanol–water partition coefficient (Wildman–Crippen LogP) is 3.23. The van der Waals surface area contributed by atoms with Crippen molar-refractivity contribution in [2.24, 2.45) is 5.92 Å². The zero-order chi connectivity index (χ0) is 14.5. The number of amides is 1. The van der Waals surface area contributed by atoms with Crippen molar-refractivity contribution < 1.29 is 9.21 Å². The molecule has 0 saturated heterocycles. The first-order valence-corrected chi connectivity index (χ1v) is 7.27. The number of oxazole rings is 1. The summed E-state index contributed by atoms with van der Waals surface area (Å²) in [5.74, 6) is 0.972. The van der Waals surface area contributed by atoms with Gasteiger partial charge in [0.05, 0.1) is 0 Å². The van der Waals surface area contributed by atoms with Crippen LogP contribution in [0.4, 0.5) is 0 Å². The van der Waals surface area contributed by atoms with E-state index in [9.17, 15) is 4.79 Å². The maximum atomic E-state index is 11.9. The van der Waals surface area contributed by atoms with E-state index >= 15 is 0 Å². The van der Waals surface area contributed by atoms with Gasteiger partial charge in [-0.25, -0.2) is 4.98 Å². The quantitative estimate of drug-likeness (QED) is 0.879. The molecule has 20 heavy (non-hydrogen) atoms. The summed E-state index contributed by atoms with van der Waals surface area (Å²) in [6.45, 7) is 6.60. The van der Waals surface area contributed by atoms with Gasteiger partial charge in [-0.3, -0.25) is 4.79 Å². The number of carbonyl (C=O) groups is 1. The molecule has 1 N–H and O–H groups in total. The molecule has 1 aromatic carbocycles. The summed E-state index contributed by atoms with van der Waals surface area (Å²) in [4.78, 5) is 16.1. The number of hydrogen-bond acceptors (Lipinski definition) is 3. The fourth-order valence-corrected chi connectivity index (χ4v) is 2.37. The number of nitrogens with zero attached hydrogens (tertiary/aromatic N) is 1. The highest BCUT2D eigenvalue weighted by molar-refractivity contribution is 5.78. The minimum Gasteiger partial charge on any atom is -0.441 e. The molecular formula is C16H22N2O2. The van der Waals surface area contributed by atoms with Crippen LogP contribution >= 0.6 is 0 Å². The zero-order valence-electron chi connectivity index (χ0n) is 12.4. The van der Waals surface area contributed by atoms with Crippen molar-refractivity contribution in [3.63, 3.8) is 0 Å². The Morgan fingerprint density at radius 1 is 1.35 bits per heavy atom. The summed E-state index contributed by atoms with van der Waals surface area (Å²) in [5.41, 5.74) is 2.84. The van der Waals surface area contributed by atoms with Crippen LogP contribution in [0.1, 0.15) is 38.1 Å². The molecule has 0 spiro atoms. The second kappa shape index (κ2) is 6.55. The summed E-state index contributed by atoms with van der Waals surface area (Å²) in [7, 11) is 0. The van der Waals surface area contributed by atoms with Gasteiger partial charge in [-0.15, -0.1) is 0 Å². The van der Waals surface area contributed by atoms with Crippen molar-refractivity contribution in [3.05, 3.63) is 29.7 Å². The van der Waals surface area contributed by atoms with Crippen molar-refractivity contribution in [1.82, 2.24) is 10.3 Å². The molecule has 0 aliphatic rings. The molecule has 0 aliphatic heterocycles. The van der Waals surface area contributed by atoms with E-state index in [1.807, 2.05) is 39.0 Å². The van der Waals surface area contributed by atoms with Crippen LogP contribution in [0.15, 0.2) is 22.6 Å². The van der Waals surface area contributed by atoms with Crippen LogP contribution < -0.4 is 5.32 Å². The van der Waals surface area contributed by atoms with E-state index < -0.39 is 0 Å². The molecule has 2 rings (SSSR count). The number of carbonyl (C=O) groups excluding carboxylic acids is 1. The Balaban J connectivity index is 1.91. The summed E-state index contributed by atoms with van der Waals surface area (Å²) in [6, 6.07) is 6.00. The van der Waals surface area contributed by atoms with Gasteiger partial charge in [0.2, 0.25) is 5.91 Å². The molecule has 0 radical (unpaired) electrons. The summed E-state index contributed by atoms with van der Waals surface area (Å²) >= 11 is 0. The molecule has 0 saturated carbocycles. The van der Waals surface area contributed by atoms with Gasteiger partial charge < -0.3 is 9.73 Å². The number of fused-ring (bicyclic) bond motifs is 1. The zero-order valence-corrected chi connectivity index (χ0v) is 12.4. The maximum absolute atomic E-state index is 11.9. The standard InChI is InChI=1S/C16H22N2O2/c1-4-13(5-2)16(19)17-9-8-12-6-7-14-15(10-12)20-11(3)18-14/h6-7,10,13H,4-5,8-9H2,1-3H3,(H,17,19). The van der Waals surface area contributed by atoms with E-state index in [0.29, 0.717) is 12.4 Å². The van der Waals surface area contributed by atoms with Crippen molar-refractivity contribution in [1.29, 1.82) is 0 Å². The van der Waals surface area contributed by atoms with Crippen LogP contribution in [0, 0.1) is 12.8 Å². The van der Waals surface area contributed by atoms with Gasteiger partial charge in [0, 0.05) is 19.4 Å². The minimum absolute atomic E-state index is 0.134. The SMILES string of the molecule is CCC(CC)C(=O)NCCc1ccc2nc(C)oc2c1. The largest absolute Gasteiger partial charge is 0.441 e. The Hall–Kier alpha value is -1.84. The molecular weight excluding hydrogens is 252 g/mol. The van der Waals surface area contributed by atoms with E-state index in [1.54, 1.807) is 0 Å². The van der Waals surface area contributed by atoms with Gasteiger partial charge in [-0.05, 0) is 37.0 Å². The van der Waals surface area contributed by atoms with Crippen molar-refractivity contribution in [2.75, 3.05) is 6.54 Å². The number of benzene rings is 1. The Kier molecular flexibility index (Phi) is 4.77. The van der Waals surface area contributed by atoms with E-state index in [1.165, 1.54) is 0 Å². The van der Waals surface area contributed by atoms with E-state index in [2.05, 4.69) is 10.3 Å². The first-order chi connectivity index (χ1) is 9.63. The fourth-order valence-electron chi connectivity index (χ4n) is 2.37. The number of hydrogen-bond donors (Lipinski definition) is 1. The molecule has 0 aliphatic carbocycles. The number of rotatable bonds is 6. The second-order valence-corrected chi connectivity index (χ2v) is 5.09. The number of aromatic nitrogens is 1. The molecule has 1 heterocycles. The van der Waals surface area contributed by atoms with Crippen molar-refractivity contribution in [2.45, 2.75) is 40.0 Å². The highest BCUT2D eigenvalue weighted by Gasteiger charge is 2.13. The van der Waals surface area contributed by atoms with Crippen molar-refractivity contribution >= 4 is 17.0 Å². The minimum atomic E-state index is 0.134. The van der Waals surface area contributed by atoms with Crippen LogP contribution in [-0.2, 0) is 11.2 Å². The van der Waals surface area contributed by atoms with E-state index in [4.69, 9.17) is 4.42 Å². The molecule has 4 heteroatoms. The Labute approximate surface area is 119 Å². The number of aryl methyl sites for hydroxylation is 1. The first kappa shape index (κ1) is 14.6. The Morgan fingerprint density at radius 2 is 2.10 bits per heavy atom. The van der Waals surface area contributed by atoms with E-state index in [0.717, 1.165) is 35.9 Å². The Bertz CT molecular complexity index is 585. The first-order valence-electron chi connectivity index (χ1n) is 7.27. The van der Waals surface area contributed by atoms with Crippen molar-refractivity contribution in [3.8, 4) is 0 Å². The lowest BCUT2D eigenvalue weighted by atomic mass is 10.0. The molecule has 1 amide bonds. The average molecular weight is 274 g/mol. The monoisotopic (exact) mass is 274 g/mol. The highest BCUT2D eigenvalue weighted by atomic mass is 16.3. The number of nitrogens with one attached hydrogen (secondary N) is 1. The molecule has 0 unspecified atom stereocenters. The lowest BCUT2D eigenvalue weighted by molar-refractivity contribution is -0.125. The average Bonchev–Trinajstić information content (AvgIpc) is 2.79. The molecule has 1 aromatic heterocycles. The third kappa shape index (κ3) is 3.38. The second-order valence-electron chi connectivity index (χ2n) is 5.09. The normalized spacial score (nSPS) is 11.2. The summed E-state index contributed by atoms with van der Waals surface area (Å²) < 4.78 is 5.51. The van der Waals surface area contributed by atoms with Gasteiger partial charge in [-0.2, -0.15) is 0 Å². The molecule has 2 aromatic rings. The van der Waals surface area contributed by atoms with Crippen LogP contribution in [0.5, 0.6) is 0 Å². The molecule has 0 bridgehead atoms. The molecule has 108 valence electrons. The predicted molar refractivity (Wildman–Crippen MR) is 79.5 cm³/mol. The van der Waals surface area contributed by atoms with Gasteiger partial charge in [0.25, 0.3) is 0 Å². The van der Waals surface area contributed by atoms with Crippen LogP contribution in [0.3, 0.4) is 0 Å². The van der Waals surface area contributed by atoms with Crippen LogP contribution in [0.25, 0.3) is 11.1 Å². The lowest BCUT2D eigenvalue weighted by Crippen LogP contribution is -2.31.